The van der Waals surface area contributed by atoms with Crippen LogP contribution in [0.3, 0.4) is 0 Å². The fourth-order valence-electron chi connectivity index (χ4n) is 2.31. The molecule has 3 heteroatoms. The lowest BCUT2D eigenvalue weighted by Crippen LogP contribution is -2.13. The molecule has 0 aliphatic heterocycles. The Morgan fingerprint density at radius 1 is 1.05 bits per heavy atom. The van der Waals surface area contributed by atoms with Gasteiger partial charge in [0.25, 0.3) is 0 Å². The smallest absolute Gasteiger partial charge is 0.119 e. The van der Waals surface area contributed by atoms with Crippen molar-refractivity contribution in [1.82, 2.24) is 0 Å². The number of ether oxygens (including phenoxy) is 1. The number of nitrogens with two attached hydrogens (primary N) is 1. The summed E-state index contributed by atoms with van der Waals surface area (Å²) in [4.78, 5) is 0. The zero-order valence-corrected chi connectivity index (χ0v) is 13.1. The highest BCUT2D eigenvalue weighted by Gasteiger charge is 2.09. The number of rotatable bonds is 7. The Hall–Kier alpha value is -1.51. The third kappa shape index (κ3) is 5.07. The van der Waals surface area contributed by atoms with Crippen LogP contribution >= 0.6 is 11.6 Å². The van der Waals surface area contributed by atoms with Crippen molar-refractivity contribution in [3.63, 3.8) is 0 Å². The largest absolute Gasteiger partial charge is 0.494 e. The highest BCUT2D eigenvalue weighted by atomic mass is 35.5. The summed E-state index contributed by atoms with van der Waals surface area (Å²) in [5.41, 5.74) is 8.49. The summed E-state index contributed by atoms with van der Waals surface area (Å²) in [6.07, 6.45) is 2.02. The molecule has 0 saturated carbocycles. The third-order valence-electron chi connectivity index (χ3n) is 3.61. The average Bonchev–Trinajstić information content (AvgIpc) is 2.50. The van der Waals surface area contributed by atoms with Crippen molar-refractivity contribution >= 4 is 11.6 Å². The molecule has 0 amide bonds. The quantitative estimate of drug-likeness (QED) is 0.762. The first-order valence-corrected chi connectivity index (χ1v) is 7.72. The van der Waals surface area contributed by atoms with E-state index in [0.29, 0.717) is 19.1 Å². The van der Waals surface area contributed by atoms with Gasteiger partial charge in [0.05, 0.1) is 6.61 Å². The van der Waals surface area contributed by atoms with Crippen LogP contribution < -0.4 is 10.5 Å². The van der Waals surface area contributed by atoms with Gasteiger partial charge in [0.2, 0.25) is 0 Å². The summed E-state index contributed by atoms with van der Waals surface area (Å²) in [5, 5.41) is 0.727. The Bertz CT molecular complexity index is 536. The van der Waals surface area contributed by atoms with Gasteiger partial charge in [0, 0.05) is 5.02 Å². The van der Waals surface area contributed by atoms with E-state index < -0.39 is 0 Å². The van der Waals surface area contributed by atoms with Gasteiger partial charge in [0.1, 0.15) is 5.75 Å². The zero-order chi connectivity index (χ0) is 15.1. The van der Waals surface area contributed by atoms with Crippen LogP contribution in [-0.2, 0) is 0 Å². The first-order chi connectivity index (χ1) is 10.2. The maximum atomic E-state index is 5.90. The van der Waals surface area contributed by atoms with E-state index in [2.05, 4.69) is 31.2 Å². The Balaban J connectivity index is 1.78. The molecule has 0 heterocycles. The number of halogens is 1. The van der Waals surface area contributed by atoms with E-state index in [9.17, 15) is 0 Å². The van der Waals surface area contributed by atoms with Crippen LogP contribution in [0.4, 0.5) is 0 Å². The van der Waals surface area contributed by atoms with Gasteiger partial charge >= 0.3 is 0 Å². The summed E-state index contributed by atoms with van der Waals surface area (Å²) in [7, 11) is 0. The Morgan fingerprint density at radius 2 is 1.71 bits per heavy atom. The van der Waals surface area contributed by atoms with Gasteiger partial charge in [-0.1, -0.05) is 41.4 Å². The van der Waals surface area contributed by atoms with Gasteiger partial charge < -0.3 is 10.5 Å². The third-order valence-corrected chi connectivity index (χ3v) is 3.86. The van der Waals surface area contributed by atoms with E-state index in [4.69, 9.17) is 22.1 Å². The molecule has 2 aromatic rings. The van der Waals surface area contributed by atoms with Crippen molar-refractivity contribution < 1.29 is 4.74 Å². The Morgan fingerprint density at radius 3 is 2.33 bits per heavy atom. The monoisotopic (exact) mass is 303 g/mol. The maximum absolute atomic E-state index is 5.90. The molecule has 0 aliphatic rings. The molecule has 21 heavy (non-hydrogen) atoms. The summed E-state index contributed by atoms with van der Waals surface area (Å²) < 4.78 is 5.71. The molecule has 112 valence electrons. The molecule has 2 aromatic carbocycles. The van der Waals surface area contributed by atoms with Crippen LogP contribution in [0.5, 0.6) is 5.75 Å². The van der Waals surface area contributed by atoms with Crippen LogP contribution in [0, 0.1) is 6.92 Å². The van der Waals surface area contributed by atoms with Gasteiger partial charge in [-0.25, -0.2) is 0 Å². The number of hydrogen-bond donors (Lipinski definition) is 1. The van der Waals surface area contributed by atoms with E-state index in [1.165, 1.54) is 11.1 Å². The molecule has 1 unspecified atom stereocenters. The van der Waals surface area contributed by atoms with E-state index in [1.807, 2.05) is 24.3 Å². The molecule has 1 atom stereocenters. The zero-order valence-electron chi connectivity index (χ0n) is 12.4. The minimum absolute atomic E-state index is 0.402. The van der Waals surface area contributed by atoms with Crippen molar-refractivity contribution in [3.8, 4) is 5.75 Å². The van der Waals surface area contributed by atoms with E-state index in [-0.39, 0.29) is 0 Å². The highest BCUT2D eigenvalue weighted by Crippen LogP contribution is 2.21. The second-order valence-electron chi connectivity index (χ2n) is 5.29. The van der Waals surface area contributed by atoms with E-state index >= 15 is 0 Å². The fourth-order valence-corrected chi connectivity index (χ4v) is 2.44. The fraction of sp³-hybridized carbons (Fsp3) is 0.333. The number of hydrogen-bond acceptors (Lipinski definition) is 2. The molecule has 0 spiro atoms. The first kappa shape index (κ1) is 15.9. The van der Waals surface area contributed by atoms with Crippen LogP contribution in [0.1, 0.15) is 29.9 Å². The van der Waals surface area contributed by atoms with E-state index in [0.717, 1.165) is 23.6 Å². The molecule has 2 nitrogen and oxygen atoms in total. The lowest BCUT2D eigenvalue weighted by atomic mass is 9.94. The van der Waals surface area contributed by atoms with Gasteiger partial charge in [-0.05, 0) is 62.1 Å². The summed E-state index contributed by atoms with van der Waals surface area (Å²) in [6, 6.07) is 16.1. The SMILES string of the molecule is Cc1ccc(C(CN)CCCOc2ccc(Cl)cc2)cc1. The lowest BCUT2D eigenvalue weighted by Gasteiger charge is -2.15. The molecule has 2 rings (SSSR count). The van der Waals surface area contributed by atoms with Crippen LogP contribution in [0.15, 0.2) is 48.5 Å². The average molecular weight is 304 g/mol. The Kier molecular flexibility index (Phi) is 6.09. The topological polar surface area (TPSA) is 35.2 Å². The summed E-state index contributed by atoms with van der Waals surface area (Å²) in [5.74, 6) is 1.26. The minimum Gasteiger partial charge on any atom is -0.494 e. The normalized spacial score (nSPS) is 12.1. The van der Waals surface area contributed by atoms with Crippen molar-refractivity contribution in [2.75, 3.05) is 13.2 Å². The van der Waals surface area contributed by atoms with Crippen molar-refractivity contribution in [3.05, 3.63) is 64.7 Å². The maximum Gasteiger partial charge on any atom is 0.119 e. The van der Waals surface area contributed by atoms with Crippen LogP contribution in [0.25, 0.3) is 0 Å². The predicted molar refractivity (Wildman–Crippen MR) is 89.2 cm³/mol. The molecule has 0 aromatic heterocycles. The highest BCUT2D eigenvalue weighted by molar-refractivity contribution is 6.30. The molecule has 0 bridgehead atoms. The molecule has 2 N–H and O–H groups in total. The molecule has 0 fully saturated rings. The van der Waals surface area contributed by atoms with Crippen molar-refractivity contribution in [2.45, 2.75) is 25.7 Å². The molecular formula is C18H22ClNO. The summed E-state index contributed by atoms with van der Waals surface area (Å²) in [6.45, 7) is 3.47. The lowest BCUT2D eigenvalue weighted by molar-refractivity contribution is 0.302. The van der Waals surface area contributed by atoms with Gasteiger partial charge in [-0.2, -0.15) is 0 Å². The van der Waals surface area contributed by atoms with Gasteiger partial charge in [-0.3, -0.25) is 0 Å². The van der Waals surface area contributed by atoms with Gasteiger partial charge in [-0.15, -0.1) is 0 Å². The number of benzene rings is 2. The standard InChI is InChI=1S/C18H22ClNO/c1-14-4-6-15(7-5-14)16(13-20)3-2-12-21-18-10-8-17(19)9-11-18/h4-11,16H,2-3,12-13,20H2,1H3. The van der Waals surface area contributed by atoms with Crippen LogP contribution in [-0.4, -0.2) is 13.2 Å². The molecule has 0 aliphatic carbocycles. The number of aryl methyl sites for hydroxylation is 1. The van der Waals surface area contributed by atoms with Crippen molar-refractivity contribution in [1.29, 1.82) is 0 Å². The molecular weight excluding hydrogens is 282 g/mol. The second kappa shape index (κ2) is 8.06. The predicted octanol–water partition coefficient (Wildman–Crippen LogP) is 4.55. The molecule has 0 radical (unpaired) electrons. The minimum atomic E-state index is 0.402. The van der Waals surface area contributed by atoms with Crippen molar-refractivity contribution in [2.24, 2.45) is 5.73 Å². The Labute approximate surface area is 131 Å². The molecule has 0 saturated heterocycles. The first-order valence-electron chi connectivity index (χ1n) is 7.34. The second-order valence-corrected chi connectivity index (χ2v) is 5.72. The summed E-state index contributed by atoms with van der Waals surface area (Å²) >= 11 is 5.84. The van der Waals surface area contributed by atoms with E-state index in [1.54, 1.807) is 0 Å². The van der Waals surface area contributed by atoms with Gasteiger partial charge in [0.15, 0.2) is 0 Å². The van der Waals surface area contributed by atoms with Crippen LogP contribution in [0.2, 0.25) is 5.02 Å².